The molecule has 0 spiro atoms. The second-order valence-corrected chi connectivity index (χ2v) is 6.54. The molecular weight excluding hydrogens is 336 g/mol. The zero-order valence-electron chi connectivity index (χ0n) is 14.9. The van der Waals surface area contributed by atoms with Crippen LogP contribution < -0.4 is 0 Å². The molecule has 0 aliphatic carbocycles. The number of halogens is 2. The Balaban J connectivity index is 1.78. The standard InChI is InChI=1S/C20H21F2N3O/c1-3-20(22,4-2)13-7-10-17(26)19-23-18-12-11-16(25(18)24-19)14-8-5-6-9-15(14)21/h5-6,8-9,16H,3-4,11-13H2,1-2H3/t16-/m1/s1. The van der Waals surface area contributed by atoms with E-state index in [9.17, 15) is 13.6 Å². The summed E-state index contributed by atoms with van der Waals surface area (Å²) in [6.45, 7) is 3.52. The van der Waals surface area contributed by atoms with Crippen molar-refractivity contribution in [2.45, 2.75) is 57.7 Å². The molecule has 4 nitrogen and oxygen atoms in total. The van der Waals surface area contributed by atoms with Gasteiger partial charge in [-0.25, -0.2) is 18.4 Å². The van der Waals surface area contributed by atoms with Gasteiger partial charge in [0.05, 0.1) is 6.04 Å². The van der Waals surface area contributed by atoms with Gasteiger partial charge in [-0.2, -0.15) is 0 Å². The van der Waals surface area contributed by atoms with Crippen molar-refractivity contribution in [3.05, 3.63) is 47.3 Å². The first kappa shape index (κ1) is 18.2. The molecule has 1 atom stereocenters. The Morgan fingerprint density at radius 2 is 2.08 bits per heavy atom. The quantitative estimate of drug-likeness (QED) is 0.461. The molecule has 0 N–H and O–H groups in total. The van der Waals surface area contributed by atoms with Gasteiger partial charge >= 0.3 is 0 Å². The third kappa shape index (κ3) is 3.52. The van der Waals surface area contributed by atoms with E-state index in [0.29, 0.717) is 37.1 Å². The lowest BCUT2D eigenvalue weighted by molar-refractivity contribution is 0.104. The number of nitrogens with zero attached hydrogens (tertiary/aromatic N) is 3. The molecule has 0 fully saturated rings. The topological polar surface area (TPSA) is 47.8 Å². The molecular formula is C20H21F2N3O. The van der Waals surface area contributed by atoms with Crippen molar-refractivity contribution in [3.63, 3.8) is 0 Å². The number of fused-ring (bicyclic) bond motifs is 1. The summed E-state index contributed by atoms with van der Waals surface area (Å²) < 4.78 is 29.9. The third-order valence-electron chi connectivity index (χ3n) is 4.98. The van der Waals surface area contributed by atoms with Crippen LogP contribution in [0.2, 0.25) is 0 Å². The number of aryl methyl sites for hydroxylation is 1. The Bertz CT molecular complexity index is 875. The Morgan fingerprint density at radius 3 is 2.77 bits per heavy atom. The highest BCUT2D eigenvalue weighted by molar-refractivity contribution is 6.06. The minimum atomic E-state index is -1.37. The highest BCUT2D eigenvalue weighted by Crippen LogP contribution is 2.31. The monoisotopic (exact) mass is 357 g/mol. The van der Waals surface area contributed by atoms with Crippen LogP contribution in [0, 0.1) is 17.7 Å². The second-order valence-electron chi connectivity index (χ2n) is 6.54. The lowest BCUT2D eigenvalue weighted by Crippen LogP contribution is -2.19. The molecule has 0 saturated carbocycles. The van der Waals surface area contributed by atoms with Crippen LogP contribution in [0.15, 0.2) is 24.3 Å². The summed E-state index contributed by atoms with van der Waals surface area (Å²) in [5, 5.41) is 4.24. The molecule has 0 amide bonds. The largest absolute Gasteiger partial charge is 0.276 e. The highest BCUT2D eigenvalue weighted by atomic mass is 19.1. The molecule has 0 radical (unpaired) electrons. The van der Waals surface area contributed by atoms with Gasteiger partial charge in [-0.1, -0.05) is 38.0 Å². The summed E-state index contributed by atoms with van der Waals surface area (Å²) in [5.41, 5.74) is -0.832. The van der Waals surface area contributed by atoms with Gasteiger partial charge in [0.15, 0.2) is 0 Å². The molecule has 0 saturated heterocycles. The number of benzene rings is 1. The molecule has 2 aromatic rings. The maximum atomic E-state index is 14.2. The van der Waals surface area contributed by atoms with Crippen molar-refractivity contribution in [3.8, 4) is 11.8 Å². The summed E-state index contributed by atoms with van der Waals surface area (Å²) in [5.74, 6) is 4.86. The molecule has 3 rings (SSSR count). The van der Waals surface area contributed by atoms with E-state index in [1.165, 1.54) is 6.07 Å². The zero-order valence-corrected chi connectivity index (χ0v) is 14.9. The average Bonchev–Trinajstić information content (AvgIpc) is 3.23. The molecule has 2 heterocycles. The van der Waals surface area contributed by atoms with Gasteiger partial charge in [0.2, 0.25) is 5.82 Å². The van der Waals surface area contributed by atoms with E-state index in [4.69, 9.17) is 0 Å². The van der Waals surface area contributed by atoms with Crippen molar-refractivity contribution in [2.75, 3.05) is 0 Å². The van der Waals surface area contributed by atoms with Crippen LogP contribution in [0.5, 0.6) is 0 Å². The highest BCUT2D eigenvalue weighted by Gasteiger charge is 2.30. The van der Waals surface area contributed by atoms with E-state index in [-0.39, 0.29) is 24.1 Å². The van der Waals surface area contributed by atoms with Gasteiger partial charge < -0.3 is 0 Å². The summed E-state index contributed by atoms with van der Waals surface area (Å²) in [4.78, 5) is 16.4. The van der Waals surface area contributed by atoms with Crippen LogP contribution >= 0.6 is 0 Å². The third-order valence-corrected chi connectivity index (χ3v) is 4.98. The van der Waals surface area contributed by atoms with Crippen LogP contribution in [0.4, 0.5) is 8.78 Å². The number of carbonyl (C=O) groups excluding carboxylic acids is 1. The fraction of sp³-hybridized carbons (Fsp3) is 0.450. The van der Waals surface area contributed by atoms with Crippen molar-refractivity contribution in [1.82, 2.24) is 14.8 Å². The molecule has 26 heavy (non-hydrogen) atoms. The lowest BCUT2D eigenvalue weighted by atomic mass is 9.96. The number of alkyl halides is 1. The smallest absolute Gasteiger partial charge is 0.275 e. The van der Waals surface area contributed by atoms with Crippen molar-refractivity contribution < 1.29 is 13.6 Å². The molecule has 1 aliphatic rings. The zero-order chi connectivity index (χ0) is 18.7. The number of hydrogen-bond acceptors (Lipinski definition) is 3. The lowest BCUT2D eigenvalue weighted by Gasteiger charge is -2.18. The fourth-order valence-electron chi connectivity index (χ4n) is 3.13. The van der Waals surface area contributed by atoms with E-state index >= 15 is 0 Å². The number of Topliss-reactive ketones (excluding diaryl/α,β-unsaturated/α-hetero) is 1. The van der Waals surface area contributed by atoms with Gasteiger partial charge in [-0.05, 0) is 31.2 Å². The Labute approximate surface area is 151 Å². The predicted octanol–water partition coefficient (Wildman–Crippen LogP) is 4.06. The molecule has 1 aliphatic heterocycles. The van der Waals surface area contributed by atoms with Crippen molar-refractivity contribution >= 4 is 5.78 Å². The Morgan fingerprint density at radius 1 is 1.35 bits per heavy atom. The molecule has 1 aromatic carbocycles. The van der Waals surface area contributed by atoms with Crippen LogP contribution in [0.1, 0.15) is 67.6 Å². The molecule has 6 heteroatoms. The summed E-state index contributed by atoms with van der Waals surface area (Å²) in [6.07, 6.45) is 2.03. The molecule has 136 valence electrons. The predicted molar refractivity (Wildman–Crippen MR) is 94.0 cm³/mol. The first-order valence-electron chi connectivity index (χ1n) is 8.89. The SMILES string of the molecule is CCC(F)(CC)CC#CC(=O)c1nc2n(n1)[C@@H](c1ccccc1F)CC2. The number of hydrogen-bond donors (Lipinski definition) is 0. The Hall–Kier alpha value is -2.55. The van der Waals surface area contributed by atoms with E-state index in [2.05, 4.69) is 21.9 Å². The van der Waals surface area contributed by atoms with Crippen LogP contribution in [0.25, 0.3) is 0 Å². The van der Waals surface area contributed by atoms with Crippen LogP contribution in [0.3, 0.4) is 0 Å². The summed E-state index contributed by atoms with van der Waals surface area (Å²) in [7, 11) is 0. The second kappa shape index (κ2) is 7.36. The van der Waals surface area contributed by atoms with Gasteiger partial charge in [0.1, 0.15) is 17.3 Å². The maximum Gasteiger partial charge on any atom is 0.275 e. The average molecular weight is 357 g/mol. The van der Waals surface area contributed by atoms with Gasteiger partial charge in [0, 0.05) is 18.4 Å². The van der Waals surface area contributed by atoms with E-state index in [0.717, 1.165) is 0 Å². The number of ketones is 1. The number of carbonyl (C=O) groups is 1. The minimum Gasteiger partial charge on any atom is -0.276 e. The summed E-state index contributed by atoms with van der Waals surface area (Å²) >= 11 is 0. The Kier molecular flexibility index (Phi) is 5.17. The normalized spacial score (nSPS) is 16.1. The van der Waals surface area contributed by atoms with Crippen LogP contribution in [-0.4, -0.2) is 26.2 Å². The van der Waals surface area contributed by atoms with Crippen LogP contribution in [-0.2, 0) is 6.42 Å². The maximum absolute atomic E-state index is 14.2. The number of aromatic nitrogens is 3. The minimum absolute atomic E-state index is 0.00834. The van der Waals surface area contributed by atoms with Gasteiger partial charge in [0.25, 0.3) is 5.78 Å². The van der Waals surface area contributed by atoms with Crippen molar-refractivity contribution in [2.24, 2.45) is 0 Å². The van der Waals surface area contributed by atoms with E-state index in [1.54, 1.807) is 36.7 Å². The number of rotatable bonds is 5. The first-order valence-corrected chi connectivity index (χ1v) is 8.89. The first-order chi connectivity index (χ1) is 12.5. The van der Waals surface area contributed by atoms with Gasteiger partial charge in [-0.3, -0.25) is 4.79 Å². The van der Waals surface area contributed by atoms with Gasteiger partial charge in [-0.15, -0.1) is 5.10 Å². The molecule has 1 aromatic heterocycles. The summed E-state index contributed by atoms with van der Waals surface area (Å²) in [6, 6.07) is 6.26. The fourth-order valence-corrected chi connectivity index (χ4v) is 3.13. The molecule has 0 bridgehead atoms. The molecule has 0 unspecified atom stereocenters. The van der Waals surface area contributed by atoms with E-state index < -0.39 is 11.5 Å². The van der Waals surface area contributed by atoms with E-state index in [1.807, 2.05) is 0 Å². The van der Waals surface area contributed by atoms with Crippen molar-refractivity contribution in [1.29, 1.82) is 0 Å².